The van der Waals surface area contributed by atoms with Gasteiger partial charge in [-0.25, -0.2) is 17.8 Å². The molecule has 2 aromatic rings. The number of hydrogen-bond donors (Lipinski definition) is 1. The second-order valence-corrected chi connectivity index (χ2v) is 8.69. The highest BCUT2D eigenvalue weighted by molar-refractivity contribution is 7.92. The zero-order chi connectivity index (χ0) is 19.7. The van der Waals surface area contributed by atoms with Crippen LogP contribution in [-0.2, 0) is 10.0 Å². The summed E-state index contributed by atoms with van der Waals surface area (Å²) in [6.07, 6.45) is 5.39. The Labute approximate surface area is 162 Å². The number of rotatable bonds is 4. The van der Waals surface area contributed by atoms with Crippen LogP contribution in [0.4, 0.5) is 10.1 Å². The fourth-order valence-corrected chi connectivity index (χ4v) is 5.07. The Morgan fingerprint density at radius 1 is 1.25 bits per heavy atom. The average molecular weight is 405 g/mol. The van der Waals surface area contributed by atoms with Crippen molar-refractivity contribution in [3.63, 3.8) is 0 Å². The lowest BCUT2D eigenvalue weighted by Gasteiger charge is -2.30. The van der Waals surface area contributed by atoms with E-state index < -0.39 is 20.7 Å². The smallest absolute Gasteiger partial charge is 0.267 e. The number of aromatic nitrogens is 1. The van der Waals surface area contributed by atoms with Crippen LogP contribution in [0.1, 0.15) is 36.0 Å². The molecule has 1 amide bonds. The average Bonchev–Trinajstić information content (AvgIpc) is 3.20. The van der Waals surface area contributed by atoms with E-state index in [1.807, 2.05) is 0 Å². The van der Waals surface area contributed by atoms with Gasteiger partial charge in [0.05, 0.1) is 12.1 Å². The summed E-state index contributed by atoms with van der Waals surface area (Å²) in [7, 11) is -4.16. The highest BCUT2D eigenvalue weighted by Gasteiger charge is 2.33. The number of nitrogens with zero attached hydrogens (tertiary/aromatic N) is 2. The van der Waals surface area contributed by atoms with Crippen molar-refractivity contribution < 1.29 is 22.3 Å². The molecule has 0 saturated heterocycles. The van der Waals surface area contributed by atoms with Crippen molar-refractivity contribution in [2.75, 3.05) is 17.5 Å². The van der Waals surface area contributed by atoms with Crippen molar-refractivity contribution in [3.05, 3.63) is 47.9 Å². The molecular formula is C19H20FN3O4S. The maximum absolute atomic E-state index is 14.1. The van der Waals surface area contributed by atoms with Crippen molar-refractivity contribution >= 4 is 21.6 Å². The van der Waals surface area contributed by atoms with E-state index >= 15 is 0 Å². The van der Waals surface area contributed by atoms with Gasteiger partial charge in [-0.1, -0.05) is 25.0 Å². The number of benzene rings is 1. The molecule has 0 atom stereocenters. The summed E-state index contributed by atoms with van der Waals surface area (Å²) in [5, 5.41) is 2.95. The molecule has 1 N–H and O–H groups in total. The molecule has 9 heteroatoms. The second-order valence-electron chi connectivity index (χ2n) is 6.86. The van der Waals surface area contributed by atoms with Gasteiger partial charge in [-0.2, -0.15) is 0 Å². The van der Waals surface area contributed by atoms with Crippen molar-refractivity contribution in [1.82, 2.24) is 10.3 Å². The Kier molecular flexibility index (Phi) is 4.92. The van der Waals surface area contributed by atoms with E-state index in [9.17, 15) is 17.6 Å². The summed E-state index contributed by atoms with van der Waals surface area (Å²) in [5.74, 6) is -1.04. The van der Waals surface area contributed by atoms with Gasteiger partial charge in [0.1, 0.15) is 23.0 Å². The quantitative estimate of drug-likeness (QED) is 0.844. The zero-order valence-corrected chi connectivity index (χ0v) is 15.9. The second kappa shape index (κ2) is 7.38. The summed E-state index contributed by atoms with van der Waals surface area (Å²) in [6, 6.07) is 6.75. The first-order chi connectivity index (χ1) is 13.5. The van der Waals surface area contributed by atoms with Crippen LogP contribution in [-0.4, -0.2) is 38.5 Å². The third kappa shape index (κ3) is 3.42. The van der Waals surface area contributed by atoms with Crippen LogP contribution in [0.25, 0.3) is 0 Å². The van der Waals surface area contributed by atoms with Crippen molar-refractivity contribution in [2.45, 2.75) is 36.6 Å². The molecule has 1 saturated carbocycles. The van der Waals surface area contributed by atoms with Gasteiger partial charge in [0.25, 0.3) is 15.9 Å². The monoisotopic (exact) mass is 405 g/mol. The van der Waals surface area contributed by atoms with Gasteiger partial charge in [-0.05, 0) is 31.0 Å². The zero-order valence-electron chi connectivity index (χ0n) is 15.1. The molecule has 2 aliphatic rings. The van der Waals surface area contributed by atoms with Gasteiger partial charge in [-0.3, -0.25) is 9.10 Å². The normalized spacial score (nSPS) is 17.1. The number of carbonyl (C=O) groups excluding carboxylic acids is 1. The van der Waals surface area contributed by atoms with Gasteiger partial charge in [0, 0.05) is 12.2 Å². The third-order valence-electron chi connectivity index (χ3n) is 4.99. The standard InChI is InChI=1S/C19H20FN3O4S/c20-15-7-3-4-8-17(15)28(25,26)23-9-10-27-19-16(23)11-13(12-21-19)18(24)22-14-5-1-2-6-14/h3-4,7-8,11-12,14H,1-2,5-6,9-10H2,(H,22,24). The molecule has 0 radical (unpaired) electrons. The van der Waals surface area contributed by atoms with E-state index in [-0.39, 0.29) is 42.2 Å². The van der Waals surface area contributed by atoms with Crippen LogP contribution in [0.5, 0.6) is 5.88 Å². The summed E-state index contributed by atoms with van der Waals surface area (Å²) >= 11 is 0. The minimum absolute atomic E-state index is 0.000947. The SMILES string of the molecule is O=C(NC1CCCC1)c1cnc2c(c1)N(S(=O)(=O)c1ccccc1F)CCO2. The molecule has 1 aromatic carbocycles. The van der Waals surface area contributed by atoms with Gasteiger partial charge < -0.3 is 10.1 Å². The molecule has 1 aromatic heterocycles. The van der Waals surface area contributed by atoms with E-state index in [1.165, 1.54) is 30.5 Å². The van der Waals surface area contributed by atoms with Crippen LogP contribution in [0.2, 0.25) is 0 Å². The minimum Gasteiger partial charge on any atom is -0.474 e. The van der Waals surface area contributed by atoms with E-state index in [4.69, 9.17) is 4.74 Å². The van der Waals surface area contributed by atoms with E-state index in [1.54, 1.807) is 0 Å². The molecule has 2 heterocycles. The van der Waals surface area contributed by atoms with Crippen molar-refractivity contribution in [2.24, 2.45) is 0 Å². The summed E-state index contributed by atoms with van der Waals surface area (Å²) < 4.78 is 46.7. The maximum Gasteiger partial charge on any atom is 0.267 e. The number of halogens is 1. The summed E-state index contributed by atoms with van der Waals surface area (Å²) in [4.78, 5) is 16.2. The topological polar surface area (TPSA) is 88.6 Å². The van der Waals surface area contributed by atoms with Crippen LogP contribution < -0.4 is 14.4 Å². The number of nitrogens with one attached hydrogen (secondary N) is 1. The van der Waals surface area contributed by atoms with Gasteiger partial charge >= 0.3 is 0 Å². The summed E-state index contributed by atoms with van der Waals surface area (Å²) in [6.45, 7) is 0.0837. The first-order valence-corrected chi connectivity index (χ1v) is 10.6. The Morgan fingerprint density at radius 3 is 2.75 bits per heavy atom. The fourth-order valence-electron chi connectivity index (χ4n) is 3.56. The summed E-state index contributed by atoms with van der Waals surface area (Å²) in [5.41, 5.74) is 0.374. The molecule has 7 nitrogen and oxygen atoms in total. The van der Waals surface area contributed by atoms with Crippen molar-refractivity contribution in [1.29, 1.82) is 0 Å². The Hall–Kier alpha value is -2.68. The molecule has 28 heavy (non-hydrogen) atoms. The highest BCUT2D eigenvalue weighted by Crippen LogP contribution is 2.35. The Balaban J connectivity index is 1.68. The largest absolute Gasteiger partial charge is 0.474 e. The molecule has 1 fully saturated rings. The lowest BCUT2D eigenvalue weighted by Crippen LogP contribution is -2.39. The molecule has 0 bridgehead atoms. The number of sulfonamides is 1. The number of fused-ring (bicyclic) bond motifs is 1. The number of hydrogen-bond acceptors (Lipinski definition) is 5. The lowest BCUT2D eigenvalue weighted by atomic mass is 10.2. The number of amides is 1. The molecule has 0 unspecified atom stereocenters. The fraction of sp³-hybridized carbons (Fsp3) is 0.368. The van der Waals surface area contributed by atoms with E-state index in [0.29, 0.717) is 0 Å². The Morgan fingerprint density at radius 2 is 2.00 bits per heavy atom. The first-order valence-electron chi connectivity index (χ1n) is 9.18. The molecule has 1 aliphatic heterocycles. The number of anilines is 1. The Bertz CT molecular complexity index is 1010. The molecule has 0 spiro atoms. The molecule has 148 valence electrons. The molecule has 4 rings (SSSR count). The van der Waals surface area contributed by atoms with Crippen LogP contribution >= 0.6 is 0 Å². The first kappa shape index (κ1) is 18.7. The number of pyridine rings is 1. The maximum atomic E-state index is 14.1. The number of carbonyl (C=O) groups is 1. The molecular weight excluding hydrogens is 385 g/mol. The molecule has 1 aliphatic carbocycles. The van der Waals surface area contributed by atoms with Crippen LogP contribution in [0.15, 0.2) is 41.4 Å². The van der Waals surface area contributed by atoms with Crippen LogP contribution in [0.3, 0.4) is 0 Å². The number of ether oxygens (including phenoxy) is 1. The van der Waals surface area contributed by atoms with Gasteiger partial charge in [-0.15, -0.1) is 0 Å². The predicted molar refractivity (Wildman–Crippen MR) is 100 cm³/mol. The predicted octanol–water partition coefficient (Wildman–Crippen LogP) is 2.48. The minimum atomic E-state index is -4.16. The van der Waals surface area contributed by atoms with E-state index in [2.05, 4.69) is 10.3 Å². The van der Waals surface area contributed by atoms with Crippen LogP contribution in [0, 0.1) is 5.82 Å². The van der Waals surface area contributed by atoms with Gasteiger partial charge in [0.2, 0.25) is 5.88 Å². The highest BCUT2D eigenvalue weighted by atomic mass is 32.2. The lowest BCUT2D eigenvalue weighted by molar-refractivity contribution is 0.0937. The van der Waals surface area contributed by atoms with E-state index in [0.717, 1.165) is 36.1 Å². The van der Waals surface area contributed by atoms with Crippen molar-refractivity contribution in [3.8, 4) is 5.88 Å². The third-order valence-corrected chi connectivity index (χ3v) is 6.84. The van der Waals surface area contributed by atoms with Gasteiger partial charge in [0.15, 0.2) is 0 Å².